The minimum Gasteiger partial charge on any atom is -0.462 e. The number of allylic oxidation sites excluding steroid dienone is 1. The van der Waals surface area contributed by atoms with Crippen molar-refractivity contribution in [3.8, 4) is 0 Å². The minimum absolute atomic E-state index is 0.0378. The first-order valence-electron chi connectivity index (χ1n) is 16.2. The van der Waals surface area contributed by atoms with Crippen LogP contribution in [0.3, 0.4) is 0 Å². The summed E-state index contributed by atoms with van der Waals surface area (Å²) in [6.45, 7) is 24.5. The lowest BCUT2D eigenvalue weighted by Crippen LogP contribution is -2.67. The molecule has 0 N–H and O–H groups in total. The summed E-state index contributed by atoms with van der Waals surface area (Å²) < 4.78 is 14.0. The van der Waals surface area contributed by atoms with Crippen molar-refractivity contribution in [2.45, 2.75) is 92.7 Å². The number of ether oxygens (including phenoxy) is 1. The molecule has 0 saturated heterocycles. The van der Waals surface area contributed by atoms with Gasteiger partial charge in [0.05, 0.1) is 5.41 Å². The molecule has 0 unspecified atom stereocenters. The molecule has 2 aromatic rings. The summed E-state index contributed by atoms with van der Waals surface area (Å²) in [6, 6.07) is 21.5. The van der Waals surface area contributed by atoms with Crippen molar-refractivity contribution in [2.24, 2.45) is 39.9 Å². The van der Waals surface area contributed by atoms with Crippen molar-refractivity contribution in [1.29, 1.82) is 0 Å². The summed E-state index contributed by atoms with van der Waals surface area (Å²) in [5.74, 6) is 0.262. The third-order valence-corrected chi connectivity index (χ3v) is 16.5. The molecule has 4 nitrogen and oxygen atoms in total. The third-order valence-electron chi connectivity index (χ3n) is 11.5. The molecule has 3 aliphatic rings. The van der Waals surface area contributed by atoms with Gasteiger partial charge in [-0.3, -0.25) is 9.59 Å². The van der Waals surface area contributed by atoms with Gasteiger partial charge in [-0.15, -0.1) is 0 Å². The van der Waals surface area contributed by atoms with Crippen molar-refractivity contribution in [1.82, 2.24) is 0 Å². The number of Topliss-reactive ketones (excluding diaryl/α,β-unsaturated/α-hetero) is 1. The fourth-order valence-electron chi connectivity index (χ4n) is 9.21. The molecule has 6 atom stereocenters. The third kappa shape index (κ3) is 4.90. The topological polar surface area (TPSA) is 52.6 Å². The lowest BCUT2D eigenvalue weighted by Gasteiger charge is -2.55. The molecule has 3 fully saturated rings. The summed E-state index contributed by atoms with van der Waals surface area (Å²) in [4.78, 5) is 27.0. The van der Waals surface area contributed by atoms with Crippen LogP contribution in [0.1, 0.15) is 81.6 Å². The summed E-state index contributed by atoms with van der Waals surface area (Å²) >= 11 is 0. The molecule has 0 heterocycles. The first-order chi connectivity index (χ1) is 20.0. The molecule has 3 saturated carbocycles. The standard InChI is InChI=1S/C38H52O4Si/c1-25-29(24-41-43(36(6,7)8,27-17-13-11-14-18-27)28-19-15-12-16-20-28)38-22-21-30(39)33(38)26(2)37(9,10)32(38)23-31(25)42-34(40)35(3,4)5/h11-20,25,29,31-33H,2,21-24H2,1,3-10H3/t25-,29-,31-,32-,33+,38-/m0/s1. The van der Waals surface area contributed by atoms with Crippen LogP contribution in [0.15, 0.2) is 72.8 Å². The van der Waals surface area contributed by atoms with Gasteiger partial charge in [0, 0.05) is 18.9 Å². The highest BCUT2D eigenvalue weighted by molar-refractivity contribution is 6.99. The predicted octanol–water partition coefficient (Wildman–Crippen LogP) is 7.35. The average molecular weight is 601 g/mol. The molecule has 5 rings (SSSR count). The molecule has 5 heteroatoms. The predicted molar refractivity (Wildman–Crippen MR) is 177 cm³/mol. The second-order valence-corrected chi connectivity index (χ2v) is 20.5. The Morgan fingerprint density at radius 1 is 0.953 bits per heavy atom. The maximum Gasteiger partial charge on any atom is 0.311 e. The summed E-state index contributed by atoms with van der Waals surface area (Å²) in [7, 11) is -2.82. The molecular formula is C38H52O4Si. The van der Waals surface area contributed by atoms with Gasteiger partial charge in [0.25, 0.3) is 8.32 Å². The van der Waals surface area contributed by atoms with Crippen LogP contribution in [-0.2, 0) is 18.8 Å². The van der Waals surface area contributed by atoms with Crippen LogP contribution in [-0.4, -0.2) is 32.8 Å². The highest BCUT2D eigenvalue weighted by atomic mass is 28.4. The number of hydrogen-bond donors (Lipinski definition) is 0. The summed E-state index contributed by atoms with van der Waals surface area (Å²) in [5.41, 5.74) is -0.00242. The monoisotopic (exact) mass is 600 g/mol. The van der Waals surface area contributed by atoms with Crippen LogP contribution in [0.25, 0.3) is 0 Å². The quantitative estimate of drug-likeness (QED) is 0.198. The zero-order chi connectivity index (χ0) is 31.6. The average Bonchev–Trinajstić information content (AvgIpc) is 3.35. The van der Waals surface area contributed by atoms with Gasteiger partial charge in [-0.2, -0.15) is 0 Å². The maximum atomic E-state index is 13.7. The van der Waals surface area contributed by atoms with E-state index in [1.54, 1.807) is 0 Å². The van der Waals surface area contributed by atoms with E-state index in [0.29, 0.717) is 18.8 Å². The van der Waals surface area contributed by atoms with Crippen molar-refractivity contribution >= 4 is 30.4 Å². The molecule has 0 bridgehead atoms. The van der Waals surface area contributed by atoms with Crippen LogP contribution in [0.5, 0.6) is 0 Å². The van der Waals surface area contributed by atoms with Crippen LogP contribution < -0.4 is 10.4 Å². The van der Waals surface area contributed by atoms with E-state index in [2.05, 4.69) is 109 Å². The van der Waals surface area contributed by atoms with Gasteiger partial charge in [0.1, 0.15) is 11.9 Å². The maximum absolute atomic E-state index is 13.7. The Hall–Kier alpha value is -2.50. The number of carbonyl (C=O) groups is 2. The minimum atomic E-state index is -2.82. The van der Waals surface area contributed by atoms with Gasteiger partial charge >= 0.3 is 5.97 Å². The fraction of sp³-hybridized carbons (Fsp3) is 0.579. The lowest BCUT2D eigenvalue weighted by molar-refractivity contribution is -0.178. The van der Waals surface area contributed by atoms with Gasteiger partial charge in [0.2, 0.25) is 0 Å². The van der Waals surface area contributed by atoms with Crippen molar-refractivity contribution < 1.29 is 18.8 Å². The van der Waals surface area contributed by atoms with E-state index in [9.17, 15) is 9.59 Å². The van der Waals surface area contributed by atoms with E-state index < -0.39 is 13.7 Å². The highest BCUT2D eigenvalue weighted by Gasteiger charge is 2.71. The Morgan fingerprint density at radius 2 is 1.49 bits per heavy atom. The SMILES string of the molecule is C=C1[C@@H]2C(=O)CC[C@@]23[C@@H](CO[Si](c2ccccc2)(c2ccccc2)C(C)(C)C)[C@H](C)[C@@H](OC(=O)C(C)(C)C)C[C@H]3C1(C)C. The van der Waals surface area contributed by atoms with Crippen molar-refractivity contribution in [3.63, 3.8) is 0 Å². The number of hydrogen-bond acceptors (Lipinski definition) is 4. The van der Waals surface area contributed by atoms with Crippen molar-refractivity contribution in [2.75, 3.05) is 6.61 Å². The van der Waals surface area contributed by atoms with Crippen LogP contribution in [0.4, 0.5) is 0 Å². The molecule has 0 aliphatic heterocycles. The van der Waals surface area contributed by atoms with Gasteiger partial charge in [-0.05, 0) is 77.6 Å². The Morgan fingerprint density at radius 3 is 1.98 bits per heavy atom. The Labute approximate surface area is 260 Å². The Bertz CT molecular complexity index is 1330. The molecule has 0 amide bonds. The summed E-state index contributed by atoms with van der Waals surface area (Å²) in [6.07, 6.45) is 1.96. The second kappa shape index (κ2) is 10.8. The molecule has 3 aliphatic carbocycles. The van der Waals surface area contributed by atoms with Crippen LogP contribution >= 0.6 is 0 Å². The lowest BCUT2D eigenvalue weighted by atomic mass is 9.52. The van der Waals surface area contributed by atoms with E-state index in [-0.39, 0.29) is 51.6 Å². The van der Waals surface area contributed by atoms with Gasteiger partial charge < -0.3 is 9.16 Å². The van der Waals surface area contributed by atoms with Gasteiger partial charge in [-0.1, -0.05) is 114 Å². The smallest absolute Gasteiger partial charge is 0.311 e. The van der Waals surface area contributed by atoms with Crippen LogP contribution in [0.2, 0.25) is 5.04 Å². The Balaban J connectivity index is 1.64. The molecule has 2 aromatic carbocycles. The second-order valence-electron chi connectivity index (χ2n) is 16.2. The van der Waals surface area contributed by atoms with E-state index in [1.807, 2.05) is 20.8 Å². The Kier molecular flexibility index (Phi) is 8.04. The van der Waals surface area contributed by atoms with E-state index in [0.717, 1.165) is 18.4 Å². The number of rotatable bonds is 6. The molecule has 43 heavy (non-hydrogen) atoms. The normalized spacial score (nSPS) is 30.6. The highest BCUT2D eigenvalue weighted by Crippen LogP contribution is 2.72. The molecular weight excluding hydrogens is 549 g/mol. The zero-order valence-electron chi connectivity index (χ0n) is 27.8. The first kappa shape index (κ1) is 31.9. The molecule has 0 aromatic heterocycles. The summed E-state index contributed by atoms with van der Waals surface area (Å²) in [5, 5.41) is 2.33. The van der Waals surface area contributed by atoms with Gasteiger partial charge in [-0.25, -0.2) is 0 Å². The number of esters is 1. The van der Waals surface area contributed by atoms with Gasteiger partial charge in [0.15, 0.2) is 0 Å². The number of carbonyl (C=O) groups excluding carboxylic acids is 2. The molecule has 232 valence electrons. The zero-order valence-corrected chi connectivity index (χ0v) is 28.8. The number of ketones is 1. The van der Waals surface area contributed by atoms with E-state index in [1.165, 1.54) is 10.4 Å². The largest absolute Gasteiger partial charge is 0.462 e. The van der Waals surface area contributed by atoms with E-state index in [4.69, 9.17) is 9.16 Å². The molecule has 1 spiro atoms. The number of benzene rings is 2. The van der Waals surface area contributed by atoms with E-state index >= 15 is 0 Å². The van der Waals surface area contributed by atoms with Crippen LogP contribution in [0, 0.1) is 39.9 Å². The van der Waals surface area contributed by atoms with Crippen molar-refractivity contribution in [3.05, 3.63) is 72.8 Å². The fourth-order valence-corrected chi connectivity index (χ4v) is 13.8. The molecule has 0 radical (unpaired) electrons. The first-order valence-corrected chi connectivity index (χ1v) is 18.1.